The number of benzene rings is 2. The number of amides is 1. The Morgan fingerprint density at radius 2 is 1.97 bits per heavy atom. The van der Waals surface area contributed by atoms with Crippen molar-refractivity contribution in [3.05, 3.63) is 75.6 Å². The maximum absolute atomic E-state index is 14.6. The molecule has 3 rings (SSSR count). The van der Waals surface area contributed by atoms with Crippen molar-refractivity contribution in [1.29, 1.82) is 0 Å². The molecule has 0 saturated carbocycles. The summed E-state index contributed by atoms with van der Waals surface area (Å²) in [6, 6.07) is 6.27. The molecule has 1 aromatic heterocycles. The second-order valence-corrected chi connectivity index (χ2v) is 7.97. The third kappa shape index (κ3) is 5.76. The van der Waals surface area contributed by atoms with Crippen LogP contribution < -0.4 is 5.32 Å². The van der Waals surface area contributed by atoms with Crippen LogP contribution in [0, 0.1) is 21.0 Å². The quantitative estimate of drug-likeness (QED) is 0.328. The highest BCUT2D eigenvalue weighted by atomic mass is 127. The smallest absolute Gasteiger partial charge is 0.256 e. The zero-order valence-electron chi connectivity index (χ0n) is 16.4. The van der Waals surface area contributed by atoms with Gasteiger partial charge in [-0.3, -0.25) is 4.79 Å². The van der Waals surface area contributed by atoms with E-state index in [-0.39, 0.29) is 24.4 Å². The van der Waals surface area contributed by atoms with Gasteiger partial charge in [0, 0.05) is 29.1 Å². The summed E-state index contributed by atoms with van der Waals surface area (Å²) in [5.41, 5.74) is -0.645. The van der Waals surface area contributed by atoms with Gasteiger partial charge in [0.25, 0.3) is 5.91 Å². The standard InChI is InChI=1S/C21H20F3IN4O2/c22-16-4-3-15(20(19(16)24)27-18-5-2-14(25)12-17(18)23)21(31)29(10-11-30)8-1-7-28-9-6-26-13-28/h2-6,9,12-13,27,30H,1,7-8,10-11H2/p+1. The fourth-order valence-corrected chi connectivity index (χ4v) is 3.51. The van der Waals surface area contributed by atoms with Crippen LogP contribution in [-0.2, 0) is 6.54 Å². The maximum Gasteiger partial charge on any atom is 0.256 e. The molecule has 31 heavy (non-hydrogen) atoms. The van der Waals surface area contributed by atoms with E-state index in [1.54, 1.807) is 24.8 Å². The van der Waals surface area contributed by atoms with Crippen LogP contribution in [0.25, 0.3) is 0 Å². The van der Waals surface area contributed by atoms with E-state index in [0.29, 0.717) is 23.1 Å². The highest BCUT2D eigenvalue weighted by Crippen LogP contribution is 2.29. The van der Waals surface area contributed by atoms with Crippen molar-refractivity contribution >= 4 is 39.9 Å². The molecule has 0 fully saturated rings. The molecule has 0 saturated heterocycles. The minimum Gasteiger partial charge on any atom is -0.444 e. The largest absolute Gasteiger partial charge is 0.444 e. The molecule has 3 N–H and O–H groups in total. The van der Waals surface area contributed by atoms with Gasteiger partial charge in [-0.15, -0.1) is 0 Å². The fraction of sp³-hybridized carbons (Fsp3) is 0.238. The number of carbonyl (C=O) groups excluding carboxylic acids is 1. The Morgan fingerprint density at radius 3 is 2.65 bits per heavy atom. The van der Waals surface area contributed by atoms with Crippen molar-refractivity contribution in [2.45, 2.75) is 13.0 Å². The Balaban J connectivity index is 1.86. The predicted molar refractivity (Wildman–Crippen MR) is 120 cm³/mol. The minimum atomic E-state index is -1.27. The zero-order valence-corrected chi connectivity index (χ0v) is 18.6. The number of halogens is 4. The van der Waals surface area contributed by atoms with Crippen LogP contribution in [0.1, 0.15) is 16.8 Å². The van der Waals surface area contributed by atoms with E-state index >= 15 is 0 Å². The van der Waals surface area contributed by atoms with Crippen molar-refractivity contribution in [2.24, 2.45) is 0 Å². The lowest BCUT2D eigenvalue weighted by molar-refractivity contribution is 0.0718. The summed E-state index contributed by atoms with van der Waals surface area (Å²) in [4.78, 5) is 18.5. The Hall–Kier alpha value is -2.60. The Labute approximate surface area is 190 Å². The average Bonchev–Trinajstić information content (AvgIpc) is 3.26. The molecular formula is C21H21F3IN4O2+. The summed E-state index contributed by atoms with van der Waals surface area (Å²) in [5.74, 6) is -3.65. The number of hydrogen-bond acceptors (Lipinski definition) is 3. The molecule has 3 aromatic rings. The molecule has 1 heterocycles. The first kappa shape index (κ1) is 23.1. The van der Waals surface area contributed by atoms with Gasteiger partial charge in [-0.25, -0.2) is 18.2 Å². The number of anilines is 2. The number of aromatic nitrogens is 2. The van der Waals surface area contributed by atoms with Crippen molar-refractivity contribution in [3.63, 3.8) is 0 Å². The van der Waals surface area contributed by atoms with Gasteiger partial charge in [-0.2, -0.15) is 0 Å². The molecule has 164 valence electrons. The number of aryl methyl sites for hydroxylation is 1. The molecule has 6 nitrogen and oxygen atoms in total. The Morgan fingerprint density at radius 1 is 1.16 bits per heavy atom. The summed E-state index contributed by atoms with van der Waals surface area (Å²) in [7, 11) is 0. The summed E-state index contributed by atoms with van der Waals surface area (Å²) in [6.45, 7) is 0.999. The number of nitrogens with one attached hydrogen (secondary N) is 1. The van der Waals surface area contributed by atoms with Crippen LogP contribution in [0.15, 0.2) is 49.1 Å². The summed E-state index contributed by atoms with van der Waals surface area (Å²) in [6.07, 6.45) is 5.68. The molecule has 0 atom stereocenters. The van der Waals surface area contributed by atoms with Gasteiger partial charge in [0.2, 0.25) is 0 Å². The summed E-state index contributed by atoms with van der Waals surface area (Å²) < 4.78 is 45.3. The van der Waals surface area contributed by atoms with Crippen molar-refractivity contribution < 1.29 is 23.1 Å². The van der Waals surface area contributed by atoms with E-state index < -0.39 is 29.0 Å². The minimum absolute atomic E-state index is 0.0466. The molecule has 0 unspecified atom stereocenters. The summed E-state index contributed by atoms with van der Waals surface area (Å²) >= 11 is 1.93. The third-order valence-corrected chi connectivity index (χ3v) is 5.26. The molecule has 0 spiro atoms. The highest BCUT2D eigenvalue weighted by molar-refractivity contribution is 14.1. The predicted octanol–water partition coefficient (Wildman–Crippen LogP) is 3.91. The van der Waals surface area contributed by atoms with Crippen LogP contribution in [0.2, 0.25) is 0 Å². The highest BCUT2D eigenvalue weighted by Gasteiger charge is 2.24. The van der Waals surface area contributed by atoms with Gasteiger partial charge in [-0.05, 0) is 59.3 Å². The zero-order chi connectivity index (χ0) is 22.4. The second kappa shape index (κ2) is 10.6. The number of rotatable bonds is 9. The van der Waals surface area contributed by atoms with E-state index in [1.165, 1.54) is 23.1 Å². The first-order chi connectivity index (χ1) is 14.9. The van der Waals surface area contributed by atoms with E-state index in [0.717, 1.165) is 6.07 Å². The van der Waals surface area contributed by atoms with E-state index in [2.05, 4.69) is 10.3 Å². The van der Waals surface area contributed by atoms with Gasteiger partial charge in [0.05, 0.1) is 29.8 Å². The average molecular weight is 545 g/mol. The lowest BCUT2D eigenvalue weighted by Crippen LogP contribution is -2.35. The molecule has 0 radical (unpaired) electrons. The maximum atomic E-state index is 14.6. The van der Waals surface area contributed by atoms with Gasteiger partial charge >= 0.3 is 0 Å². The molecule has 10 heteroatoms. The van der Waals surface area contributed by atoms with Crippen LogP contribution in [-0.4, -0.2) is 45.2 Å². The number of imidazole rings is 1. The van der Waals surface area contributed by atoms with Crippen molar-refractivity contribution in [2.75, 3.05) is 25.0 Å². The van der Waals surface area contributed by atoms with Gasteiger partial charge < -0.3 is 19.9 Å². The second-order valence-electron chi connectivity index (χ2n) is 6.73. The first-order valence-electron chi connectivity index (χ1n) is 9.50. The van der Waals surface area contributed by atoms with Crippen LogP contribution in [0.5, 0.6) is 0 Å². The lowest BCUT2D eigenvalue weighted by Gasteiger charge is -2.23. The van der Waals surface area contributed by atoms with Gasteiger partial charge in [0.15, 0.2) is 18.2 Å². The van der Waals surface area contributed by atoms with Crippen LogP contribution >= 0.6 is 22.6 Å². The Kier molecular flexibility index (Phi) is 7.91. The number of hydrogen-bond donors (Lipinski definition) is 1. The first-order valence-corrected chi connectivity index (χ1v) is 10.6. The molecule has 1 amide bonds. The molecular weight excluding hydrogens is 524 g/mol. The van der Waals surface area contributed by atoms with Crippen LogP contribution in [0.4, 0.5) is 24.5 Å². The summed E-state index contributed by atoms with van der Waals surface area (Å²) in [5, 5.41) is 10.0. The van der Waals surface area contributed by atoms with E-state index in [4.69, 9.17) is 5.11 Å². The monoisotopic (exact) mass is 545 g/mol. The SMILES string of the molecule is O=C(c1ccc(F)c(F)c1Nc1ccc(I)cc1F)N(CC[OH2+])CCCn1ccnc1. The topological polar surface area (TPSA) is 73.1 Å². The third-order valence-electron chi connectivity index (χ3n) is 4.59. The molecule has 0 bridgehead atoms. The lowest BCUT2D eigenvalue weighted by atomic mass is 10.1. The normalized spacial score (nSPS) is 10.9. The molecule has 0 aliphatic heterocycles. The molecule has 2 aromatic carbocycles. The molecule has 0 aliphatic carbocycles. The van der Waals surface area contributed by atoms with E-state index in [9.17, 15) is 18.0 Å². The number of nitrogens with zero attached hydrogens (tertiary/aromatic N) is 3. The van der Waals surface area contributed by atoms with Gasteiger partial charge in [0.1, 0.15) is 5.82 Å². The molecule has 0 aliphatic rings. The Bertz CT molecular complexity index is 1050. The van der Waals surface area contributed by atoms with Crippen molar-refractivity contribution in [3.8, 4) is 0 Å². The van der Waals surface area contributed by atoms with Crippen molar-refractivity contribution in [1.82, 2.24) is 14.5 Å². The van der Waals surface area contributed by atoms with E-state index in [1.807, 2.05) is 27.2 Å². The van der Waals surface area contributed by atoms with Gasteiger partial charge in [-0.1, -0.05) is 0 Å². The number of carbonyl (C=O) groups is 1. The fourth-order valence-electron chi connectivity index (χ4n) is 3.06. The van der Waals surface area contributed by atoms with Crippen LogP contribution in [0.3, 0.4) is 0 Å².